The van der Waals surface area contributed by atoms with Crippen molar-refractivity contribution in [3.05, 3.63) is 12.7 Å². The molecule has 2 nitrogen and oxygen atoms in total. The van der Waals surface area contributed by atoms with E-state index in [2.05, 4.69) is 6.58 Å². The fraction of sp³-hybridized carbons (Fsp3) is 0.700. The Morgan fingerprint density at radius 1 is 1.69 bits per heavy atom. The number of ether oxygens (including phenoxy) is 1. The molecule has 0 aliphatic heterocycles. The quantitative estimate of drug-likeness (QED) is 0.489. The molecule has 0 heterocycles. The Kier molecular flexibility index (Phi) is 5.88. The van der Waals surface area contributed by atoms with E-state index in [1.54, 1.807) is 17.8 Å². The first-order valence-electron chi connectivity index (χ1n) is 4.40. The molecule has 0 aromatic carbocycles. The normalized spacial score (nSPS) is 14.7. The van der Waals surface area contributed by atoms with Crippen molar-refractivity contribution in [1.82, 2.24) is 0 Å². The van der Waals surface area contributed by atoms with E-state index >= 15 is 0 Å². The zero-order valence-electron chi connectivity index (χ0n) is 8.63. The molecule has 0 fully saturated rings. The molecule has 3 heteroatoms. The summed E-state index contributed by atoms with van der Waals surface area (Å²) in [6.07, 6.45) is 4.49. The van der Waals surface area contributed by atoms with Crippen molar-refractivity contribution in [1.29, 1.82) is 0 Å². The topological polar surface area (TPSA) is 26.3 Å². The molecule has 1 unspecified atom stereocenters. The van der Waals surface area contributed by atoms with E-state index in [1.165, 1.54) is 0 Å². The van der Waals surface area contributed by atoms with Gasteiger partial charge in [0, 0.05) is 0 Å². The lowest BCUT2D eigenvalue weighted by Crippen LogP contribution is -2.28. The van der Waals surface area contributed by atoms with Gasteiger partial charge in [0.2, 0.25) is 0 Å². The maximum absolute atomic E-state index is 11.5. The second-order valence-corrected chi connectivity index (χ2v) is 4.07. The van der Waals surface area contributed by atoms with E-state index < -0.39 is 5.41 Å². The first kappa shape index (κ1) is 12.6. The molecule has 13 heavy (non-hydrogen) atoms. The van der Waals surface area contributed by atoms with Gasteiger partial charge < -0.3 is 4.74 Å². The first-order chi connectivity index (χ1) is 6.10. The highest BCUT2D eigenvalue weighted by Gasteiger charge is 2.30. The Labute approximate surface area is 84.7 Å². The second-order valence-electron chi connectivity index (χ2n) is 3.08. The summed E-state index contributed by atoms with van der Waals surface area (Å²) in [5.74, 6) is 0.778. The molecular weight excluding hydrogens is 184 g/mol. The fourth-order valence-electron chi connectivity index (χ4n) is 0.897. The van der Waals surface area contributed by atoms with Gasteiger partial charge in [0.1, 0.15) is 0 Å². The number of esters is 1. The Morgan fingerprint density at radius 3 is 2.69 bits per heavy atom. The summed E-state index contributed by atoms with van der Waals surface area (Å²) in [4.78, 5) is 11.5. The fourth-order valence-corrected chi connectivity index (χ4v) is 1.53. The number of carbonyl (C=O) groups excluding carboxylic acids is 1. The van der Waals surface area contributed by atoms with Gasteiger partial charge in [-0.05, 0) is 32.3 Å². The second kappa shape index (κ2) is 6.08. The lowest BCUT2D eigenvalue weighted by atomic mass is 9.88. The molecule has 0 spiro atoms. The van der Waals surface area contributed by atoms with E-state index in [1.807, 2.05) is 20.1 Å². The van der Waals surface area contributed by atoms with Crippen LogP contribution in [0.1, 0.15) is 20.3 Å². The van der Waals surface area contributed by atoms with E-state index in [0.29, 0.717) is 6.61 Å². The van der Waals surface area contributed by atoms with Gasteiger partial charge in [0.25, 0.3) is 0 Å². The zero-order valence-corrected chi connectivity index (χ0v) is 9.45. The van der Waals surface area contributed by atoms with Crippen molar-refractivity contribution in [2.75, 3.05) is 18.6 Å². The molecule has 0 aromatic heterocycles. The first-order valence-corrected chi connectivity index (χ1v) is 5.80. The summed E-state index contributed by atoms with van der Waals surface area (Å²) in [6, 6.07) is 0. The van der Waals surface area contributed by atoms with Crippen LogP contribution in [0.2, 0.25) is 0 Å². The largest absolute Gasteiger partial charge is 0.465 e. The highest BCUT2D eigenvalue weighted by Crippen LogP contribution is 2.26. The van der Waals surface area contributed by atoms with Gasteiger partial charge in [-0.2, -0.15) is 11.8 Å². The Bertz CT molecular complexity index is 180. The van der Waals surface area contributed by atoms with Crippen molar-refractivity contribution >= 4 is 17.7 Å². The molecule has 1 atom stereocenters. The summed E-state index contributed by atoms with van der Waals surface area (Å²) >= 11 is 1.72. The van der Waals surface area contributed by atoms with E-state index in [4.69, 9.17) is 4.74 Å². The van der Waals surface area contributed by atoms with Gasteiger partial charge in [-0.15, -0.1) is 6.58 Å². The average molecular weight is 202 g/mol. The monoisotopic (exact) mass is 202 g/mol. The predicted molar refractivity (Wildman–Crippen MR) is 57.9 cm³/mol. The van der Waals surface area contributed by atoms with Gasteiger partial charge >= 0.3 is 5.97 Å². The van der Waals surface area contributed by atoms with Gasteiger partial charge in [-0.1, -0.05) is 6.08 Å². The van der Waals surface area contributed by atoms with Crippen LogP contribution in [-0.2, 0) is 9.53 Å². The lowest BCUT2D eigenvalue weighted by molar-refractivity contribution is -0.151. The van der Waals surface area contributed by atoms with Gasteiger partial charge in [0.05, 0.1) is 12.0 Å². The molecule has 0 saturated heterocycles. The summed E-state index contributed by atoms with van der Waals surface area (Å²) < 4.78 is 4.98. The Morgan fingerprint density at radius 2 is 2.31 bits per heavy atom. The summed E-state index contributed by atoms with van der Waals surface area (Å²) in [5, 5.41) is 0. The summed E-state index contributed by atoms with van der Waals surface area (Å²) in [7, 11) is 0. The molecule has 0 radical (unpaired) electrons. The average Bonchev–Trinajstić information content (AvgIpc) is 2.14. The molecule has 0 aliphatic carbocycles. The van der Waals surface area contributed by atoms with Crippen LogP contribution >= 0.6 is 11.8 Å². The van der Waals surface area contributed by atoms with Crippen LogP contribution in [0.4, 0.5) is 0 Å². The zero-order chi connectivity index (χ0) is 10.3. The molecule has 0 aliphatic rings. The van der Waals surface area contributed by atoms with Crippen LogP contribution in [-0.4, -0.2) is 24.6 Å². The highest BCUT2D eigenvalue weighted by atomic mass is 32.2. The van der Waals surface area contributed by atoms with Crippen molar-refractivity contribution < 1.29 is 9.53 Å². The molecule has 0 rings (SSSR count). The molecule has 76 valence electrons. The van der Waals surface area contributed by atoms with E-state index in [-0.39, 0.29) is 5.97 Å². The number of carbonyl (C=O) groups is 1. The highest BCUT2D eigenvalue weighted by molar-refractivity contribution is 7.98. The third-order valence-corrected chi connectivity index (χ3v) is 2.63. The molecule has 0 N–H and O–H groups in total. The minimum atomic E-state index is -0.515. The Balaban J connectivity index is 4.24. The van der Waals surface area contributed by atoms with Gasteiger partial charge in [0.15, 0.2) is 0 Å². The number of hydrogen-bond donors (Lipinski definition) is 0. The van der Waals surface area contributed by atoms with Gasteiger partial charge in [-0.25, -0.2) is 0 Å². The van der Waals surface area contributed by atoms with Crippen LogP contribution in [0.15, 0.2) is 12.7 Å². The van der Waals surface area contributed by atoms with Crippen LogP contribution in [0, 0.1) is 5.41 Å². The van der Waals surface area contributed by atoms with Crippen molar-refractivity contribution in [3.8, 4) is 0 Å². The molecule has 0 aromatic rings. The number of thioether (sulfide) groups is 1. The van der Waals surface area contributed by atoms with Crippen molar-refractivity contribution in [2.45, 2.75) is 20.3 Å². The molecule has 0 amide bonds. The lowest BCUT2D eigenvalue weighted by Gasteiger charge is -2.22. The molecular formula is C10H18O2S. The third kappa shape index (κ3) is 3.85. The number of rotatable bonds is 6. The maximum Gasteiger partial charge on any atom is 0.315 e. The summed E-state index contributed by atoms with van der Waals surface area (Å²) in [5.41, 5.74) is -0.515. The minimum absolute atomic E-state index is 0.168. The summed E-state index contributed by atoms with van der Waals surface area (Å²) in [6.45, 7) is 7.80. The minimum Gasteiger partial charge on any atom is -0.465 e. The Hall–Kier alpha value is -0.440. The van der Waals surface area contributed by atoms with Crippen LogP contribution in [0.25, 0.3) is 0 Å². The molecule has 0 saturated carbocycles. The maximum atomic E-state index is 11.5. The standard InChI is InChI=1S/C10H18O2S/c1-5-10(3,7-8-13-4)9(11)12-6-2/h5H,1,6-8H2,2-4H3. The van der Waals surface area contributed by atoms with Crippen LogP contribution < -0.4 is 0 Å². The van der Waals surface area contributed by atoms with E-state index in [0.717, 1.165) is 12.2 Å². The molecule has 0 bridgehead atoms. The van der Waals surface area contributed by atoms with Gasteiger partial charge in [-0.3, -0.25) is 4.79 Å². The van der Waals surface area contributed by atoms with E-state index in [9.17, 15) is 4.79 Å². The smallest absolute Gasteiger partial charge is 0.315 e. The van der Waals surface area contributed by atoms with Crippen molar-refractivity contribution in [3.63, 3.8) is 0 Å². The van der Waals surface area contributed by atoms with Crippen LogP contribution in [0.3, 0.4) is 0 Å². The van der Waals surface area contributed by atoms with Crippen molar-refractivity contribution in [2.24, 2.45) is 5.41 Å². The van der Waals surface area contributed by atoms with Crippen LogP contribution in [0.5, 0.6) is 0 Å². The predicted octanol–water partition coefficient (Wildman–Crippen LogP) is 2.49. The SMILES string of the molecule is C=CC(C)(CCSC)C(=O)OCC. The third-order valence-electron chi connectivity index (χ3n) is 2.02. The number of hydrogen-bond acceptors (Lipinski definition) is 3.